The quantitative estimate of drug-likeness (QED) is 0.353. The number of anilines is 1. The molecule has 1 aromatic heterocycles. The van der Waals surface area contributed by atoms with Gasteiger partial charge in [-0.3, -0.25) is 9.69 Å². The van der Waals surface area contributed by atoms with Crippen LogP contribution in [0.15, 0.2) is 36.4 Å². The highest BCUT2D eigenvalue weighted by Crippen LogP contribution is 2.29. The van der Waals surface area contributed by atoms with E-state index in [-0.39, 0.29) is 5.91 Å². The highest BCUT2D eigenvalue weighted by Gasteiger charge is 2.38. The average Bonchev–Trinajstić information content (AvgIpc) is 3.01. The van der Waals surface area contributed by atoms with E-state index in [0.717, 1.165) is 49.0 Å². The Bertz CT molecular complexity index is 1420. The van der Waals surface area contributed by atoms with Gasteiger partial charge >= 0.3 is 12.1 Å². The van der Waals surface area contributed by atoms with Crippen molar-refractivity contribution in [2.24, 2.45) is 0 Å². The number of aliphatic carboxylic acids is 1. The molecule has 0 radical (unpaired) electrons. The second kappa shape index (κ2) is 12.2. The van der Waals surface area contributed by atoms with Crippen molar-refractivity contribution in [3.8, 4) is 5.69 Å². The number of alkyl halides is 3. The molecule has 0 unspecified atom stereocenters. The van der Waals surface area contributed by atoms with Gasteiger partial charge in [-0.2, -0.15) is 18.3 Å². The van der Waals surface area contributed by atoms with Crippen LogP contribution >= 0.6 is 23.2 Å². The molecule has 0 saturated heterocycles. The first-order valence-electron chi connectivity index (χ1n) is 12.8. The number of aromatic nitrogens is 2. The molecule has 1 saturated carbocycles. The Morgan fingerprint density at radius 3 is 2.23 bits per heavy atom. The van der Waals surface area contributed by atoms with Gasteiger partial charge in [0.25, 0.3) is 5.91 Å². The summed E-state index contributed by atoms with van der Waals surface area (Å²) in [5.41, 5.74) is 6.34. The van der Waals surface area contributed by atoms with Gasteiger partial charge in [0, 0.05) is 24.8 Å². The van der Waals surface area contributed by atoms with Crippen molar-refractivity contribution in [1.82, 2.24) is 14.7 Å². The van der Waals surface area contributed by atoms with Gasteiger partial charge in [0.05, 0.1) is 32.7 Å². The van der Waals surface area contributed by atoms with Crippen LogP contribution < -0.4 is 5.32 Å². The number of nitrogens with one attached hydrogen (secondary N) is 1. The number of carbonyl (C=O) groups excluding carboxylic acids is 1. The number of nitrogens with zero attached hydrogens (tertiary/aromatic N) is 3. The Kier molecular flexibility index (Phi) is 9.12. The Morgan fingerprint density at radius 1 is 1.00 bits per heavy atom. The Balaban J connectivity index is 0.000000470. The number of carboxylic acid groups (broad SMARTS) is 1. The lowest BCUT2D eigenvalue weighted by atomic mass is 9.91. The van der Waals surface area contributed by atoms with Gasteiger partial charge < -0.3 is 10.4 Å². The lowest BCUT2D eigenvalue weighted by Crippen LogP contribution is -2.41. The zero-order valence-corrected chi connectivity index (χ0v) is 23.5. The van der Waals surface area contributed by atoms with E-state index in [9.17, 15) is 18.0 Å². The largest absolute Gasteiger partial charge is 0.490 e. The normalized spacial score (nSPS) is 15.8. The van der Waals surface area contributed by atoms with E-state index in [2.05, 4.69) is 27.4 Å². The second-order valence-electron chi connectivity index (χ2n) is 9.92. The third-order valence-electron chi connectivity index (χ3n) is 7.30. The van der Waals surface area contributed by atoms with Crippen LogP contribution in [-0.4, -0.2) is 57.0 Å². The molecule has 1 aliphatic carbocycles. The van der Waals surface area contributed by atoms with E-state index >= 15 is 0 Å². The SMILES string of the molecule is Cc1nn(-c2ccc(Cl)c(Cl)c2)c(C)c1C(=O)Nc1ccc2c(c1)CCN(C1CCC1)CC2.O=C(O)C(F)(F)F. The summed E-state index contributed by atoms with van der Waals surface area (Å²) >= 11 is 12.2. The van der Waals surface area contributed by atoms with Crippen LogP contribution in [0.3, 0.4) is 0 Å². The lowest BCUT2D eigenvalue weighted by molar-refractivity contribution is -0.192. The number of halogens is 5. The smallest absolute Gasteiger partial charge is 0.475 e. The highest BCUT2D eigenvalue weighted by atomic mass is 35.5. The molecule has 2 heterocycles. The summed E-state index contributed by atoms with van der Waals surface area (Å²) in [4.78, 5) is 24.8. The predicted molar refractivity (Wildman–Crippen MR) is 148 cm³/mol. The monoisotopic (exact) mass is 596 g/mol. The fourth-order valence-electron chi connectivity index (χ4n) is 4.97. The Labute approximate surface area is 239 Å². The molecular weight excluding hydrogens is 568 g/mol. The number of fused-ring (bicyclic) bond motifs is 1. The third-order valence-corrected chi connectivity index (χ3v) is 8.04. The molecule has 2 aromatic carbocycles. The predicted octanol–water partition coefficient (Wildman–Crippen LogP) is 6.63. The van der Waals surface area contributed by atoms with E-state index in [0.29, 0.717) is 21.3 Å². The van der Waals surface area contributed by atoms with Gasteiger partial charge in [-0.1, -0.05) is 35.7 Å². The van der Waals surface area contributed by atoms with E-state index in [1.54, 1.807) is 16.8 Å². The maximum Gasteiger partial charge on any atom is 0.490 e. The number of amides is 1. The number of benzene rings is 2. The van der Waals surface area contributed by atoms with Crippen LogP contribution in [0, 0.1) is 13.8 Å². The van der Waals surface area contributed by atoms with Gasteiger partial charge in [-0.15, -0.1) is 0 Å². The summed E-state index contributed by atoms with van der Waals surface area (Å²) < 4.78 is 33.5. The molecule has 0 bridgehead atoms. The number of carboxylic acids is 1. The number of carbonyl (C=O) groups is 2. The molecule has 2 N–H and O–H groups in total. The number of hydrogen-bond donors (Lipinski definition) is 2. The second-order valence-corrected chi connectivity index (χ2v) is 10.7. The summed E-state index contributed by atoms with van der Waals surface area (Å²) in [7, 11) is 0. The minimum Gasteiger partial charge on any atom is -0.475 e. The van der Waals surface area contributed by atoms with Gasteiger partial charge in [-0.25, -0.2) is 9.48 Å². The third kappa shape index (κ3) is 6.79. The van der Waals surface area contributed by atoms with Gasteiger partial charge in [0.2, 0.25) is 0 Å². The number of hydrogen-bond acceptors (Lipinski definition) is 4. The van der Waals surface area contributed by atoms with E-state index in [4.69, 9.17) is 33.1 Å². The standard InChI is InChI=1S/C26H28Cl2N4O.C2HF3O2/c1-16-25(17(2)32(30-16)22-8-9-23(27)24(28)15-22)26(33)29-20-7-6-18-10-12-31(21-4-3-5-21)13-11-19(18)14-20;3-2(4,5)1(6)7/h6-9,14-15,21H,3-5,10-13H2,1-2H3,(H,29,33);(H,6,7). The molecule has 1 amide bonds. The Hall–Kier alpha value is -3.08. The van der Waals surface area contributed by atoms with Gasteiger partial charge in [0.1, 0.15) is 0 Å². The molecule has 12 heteroatoms. The van der Waals surface area contributed by atoms with Crippen molar-refractivity contribution in [2.45, 2.75) is 58.2 Å². The molecule has 40 heavy (non-hydrogen) atoms. The van der Waals surface area contributed by atoms with E-state index in [1.807, 2.05) is 26.0 Å². The summed E-state index contributed by atoms with van der Waals surface area (Å²) in [6, 6.07) is 12.4. The molecule has 1 aliphatic heterocycles. The fraction of sp³-hybridized carbons (Fsp3) is 0.393. The molecule has 0 atom stereocenters. The molecule has 1 fully saturated rings. The van der Waals surface area contributed by atoms with E-state index < -0.39 is 12.1 Å². The van der Waals surface area contributed by atoms with Crippen LogP contribution in [-0.2, 0) is 17.6 Å². The maximum absolute atomic E-state index is 13.2. The first-order valence-corrected chi connectivity index (χ1v) is 13.6. The summed E-state index contributed by atoms with van der Waals surface area (Å²) in [6.45, 7) is 5.98. The summed E-state index contributed by atoms with van der Waals surface area (Å²) in [5, 5.41) is 15.7. The fourth-order valence-corrected chi connectivity index (χ4v) is 5.26. The lowest BCUT2D eigenvalue weighted by Gasteiger charge is -2.36. The molecule has 0 spiro atoms. The van der Waals surface area contributed by atoms with Crippen LogP contribution in [0.4, 0.5) is 18.9 Å². The van der Waals surface area contributed by atoms with E-state index in [1.165, 1.54) is 30.4 Å². The molecule has 7 nitrogen and oxygen atoms in total. The van der Waals surface area contributed by atoms with Crippen molar-refractivity contribution in [3.05, 3.63) is 74.5 Å². The van der Waals surface area contributed by atoms with Crippen molar-refractivity contribution in [1.29, 1.82) is 0 Å². The highest BCUT2D eigenvalue weighted by molar-refractivity contribution is 6.42. The molecule has 5 rings (SSSR count). The van der Waals surface area contributed by atoms with Gasteiger partial charge in [-0.05, 0) is 81.0 Å². The molecule has 3 aromatic rings. The number of rotatable bonds is 4. The maximum atomic E-state index is 13.2. The van der Waals surface area contributed by atoms with Crippen LogP contribution in [0.2, 0.25) is 10.0 Å². The van der Waals surface area contributed by atoms with Crippen LogP contribution in [0.25, 0.3) is 5.69 Å². The summed E-state index contributed by atoms with van der Waals surface area (Å²) in [5.74, 6) is -2.91. The van der Waals surface area contributed by atoms with Crippen LogP contribution in [0.5, 0.6) is 0 Å². The molecule has 2 aliphatic rings. The topological polar surface area (TPSA) is 87.5 Å². The molecular formula is C28H29Cl2F3N4O3. The van der Waals surface area contributed by atoms with Crippen LogP contribution in [0.1, 0.15) is 52.1 Å². The molecule has 214 valence electrons. The van der Waals surface area contributed by atoms with Crippen molar-refractivity contribution < 1.29 is 27.9 Å². The average molecular weight is 597 g/mol. The number of aryl methyl sites for hydroxylation is 1. The minimum atomic E-state index is -5.08. The Morgan fingerprint density at radius 2 is 1.65 bits per heavy atom. The zero-order valence-electron chi connectivity index (χ0n) is 22.0. The zero-order chi connectivity index (χ0) is 29.2. The van der Waals surface area contributed by atoms with Crippen molar-refractivity contribution in [3.63, 3.8) is 0 Å². The van der Waals surface area contributed by atoms with Crippen molar-refractivity contribution >= 4 is 40.8 Å². The first kappa shape index (κ1) is 29.9. The first-order chi connectivity index (χ1) is 18.8. The van der Waals surface area contributed by atoms with Gasteiger partial charge in [0.15, 0.2) is 0 Å². The summed E-state index contributed by atoms with van der Waals surface area (Å²) in [6.07, 6.45) is 1.07. The minimum absolute atomic E-state index is 0.152. The van der Waals surface area contributed by atoms with Crippen molar-refractivity contribution in [2.75, 3.05) is 18.4 Å².